The van der Waals surface area contributed by atoms with Gasteiger partial charge >= 0.3 is 5.97 Å². The molecule has 24 heavy (non-hydrogen) atoms. The van der Waals surface area contributed by atoms with Gasteiger partial charge in [-0.1, -0.05) is 52.0 Å². The number of ether oxygens (including phenoxy) is 1. The van der Waals surface area contributed by atoms with E-state index in [0.717, 1.165) is 12.0 Å². The van der Waals surface area contributed by atoms with E-state index in [1.807, 2.05) is 32.9 Å². The molecule has 0 aliphatic heterocycles. The molecule has 2 N–H and O–H groups in total. The number of carbonyl (C=O) groups is 1. The third kappa shape index (κ3) is 4.07. The first-order valence-electron chi connectivity index (χ1n) is 8.03. The van der Waals surface area contributed by atoms with Gasteiger partial charge in [0.2, 0.25) is 0 Å². The summed E-state index contributed by atoms with van der Waals surface area (Å²) in [5, 5.41) is 19.5. The molecular weight excluding hydrogens is 304 g/mol. The van der Waals surface area contributed by atoms with Gasteiger partial charge in [0, 0.05) is 5.56 Å². The number of rotatable bonds is 5. The number of hydrogen-bond donors (Lipinski definition) is 2. The molecule has 0 aromatic heterocycles. The van der Waals surface area contributed by atoms with Crippen molar-refractivity contribution in [3.05, 3.63) is 58.7 Å². The number of benzene rings is 2. The number of hydrogen-bond acceptors (Lipinski definition) is 3. The molecule has 0 saturated carbocycles. The van der Waals surface area contributed by atoms with E-state index >= 15 is 0 Å². The van der Waals surface area contributed by atoms with Crippen LogP contribution in [-0.4, -0.2) is 16.2 Å². The van der Waals surface area contributed by atoms with Gasteiger partial charge < -0.3 is 14.9 Å². The Morgan fingerprint density at radius 3 is 2.17 bits per heavy atom. The van der Waals surface area contributed by atoms with Crippen LogP contribution in [0.4, 0.5) is 0 Å². The Labute approximate surface area is 142 Å². The van der Waals surface area contributed by atoms with Crippen LogP contribution < -0.4 is 4.74 Å². The smallest absolute Gasteiger partial charge is 0.339 e. The molecule has 4 heteroatoms. The predicted molar refractivity (Wildman–Crippen MR) is 93.9 cm³/mol. The van der Waals surface area contributed by atoms with Crippen molar-refractivity contribution in [3.8, 4) is 11.5 Å². The van der Waals surface area contributed by atoms with Crippen molar-refractivity contribution in [1.29, 1.82) is 0 Å². The van der Waals surface area contributed by atoms with Crippen molar-refractivity contribution in [2.24, 2.45) is 0 Å². The lowest BCUT2D eigenvalue weighted by Gasteiger charge is -2.22. The van der Waals surface area contributed by atoms with Crippen LogP contribution in [0.3, 0.4) is 0 Å². The summed E-state index contributed by atoms with van der Waals surface area (Å²) in [5.41, 5.74) is 2.29. The molecule has 0 saturated heterocycles. The lowest BCUT2D eigenvalue weighted by molar-refractivity contribution is 0.0692. The van der Waals surface area contributed by atoms with E-state index in [-0.39, 0.29) is 11.3 Å². The van der Waals surface area contributed by atoms with Gasteiger partial charge in [0.1, 0.15) is 23.7 Å². The molecule has 2 aromatic rings. The van der Waals surface area contributed by atoms with Crippen molar-refractivity contribution in [2.45, 2.75) is 46.1 Å². The average Bonchev–Trinajstić information content (AvgIpc) is 2.53. The number of aryl methyl sites for hydroxylation is 1. The summed E-state index contributed by atoms with van der Waals surface area (Å²) in [7, 11) is 0. The van der Waals surface area contributed by atoms with Crippen LogP contribution in [0.1, 0.15) is 54.7 Å². The number of phenols is 1. The molecule has 0 amide bonds. The lowest BCUT2D eigenvalue weighted by Crippen LogP contribution is -2.14. The van der Waals surface area contributed by atoms with E-state index in [2.05, 4.69) is 19.1 Å². The van der Waals surface area contributed by atoms with Gasteiger partial charge in [-0.3, -0.25) is 0 Å². The Balaban J connectivity index is 2.29. The molecule has 0 atom stereocenters. The van der Waals surface area contributed by atoms with Crippen LogP contribution in [0.15, 0.2) is 36.4 Å². The van der Waals surface area contributed by atoms with Crippen LogP contribution in [0.5, 0.6) is 11.5 Å². The van der Waals surface area contributed by atoms with Crippen LogP contribution in [0.2, 0.25) is 0 Å². The van der Waals surface area contributed by atoms with E-state index in [4.69, 9.17) is 4.74 Å². The quantitative estimate of drug-likeness (QED) is 0.846. The standard InChI is InChI=1S/C20H24O4/c1-5-13-6-8-14(9-7-13)12-24-15-10-16(19(22)23)18(21)17(11-15)20(2,3)4/h6-11,21H,5,12H2,1-4H3,(H,22,23). The van der Waals surface area contributed by atoms with E-state index < -0.39 is 11.4 Å². The van der Waals surface area contributed by atoms with Gasteiger partial charge in [-0.05, 0) is 35.1 Å². The van der Waals surface area contributed by atoms with E-state index in [9.17, 15) is 15.0 Å². The molecule has 0 unspecified atom stereocenters. The summed E-state index contributed by atoms with van der Waals surface area (Å²) in [4.78, 5) is 11.4. The first-order valence-corrected chi connectivity index (χ1v) is 8.03. The van der Waals surface area contributed by atoms with Gasteiger partial charge in [-0.2, -0.15) is 0 Å². The zero-order chi connectivity index (χ0) is 17.9. The second-order valence-corrected chi connectivity index (χ2v) is 6.88. The summed E-state index contributed by atoms with van der Waals surface area (Å²) < 4.78 is 5.77. The first-order chi connectivity index (χ1) is 11.2. The number of aromatic hydroxyl groups is 1. The monoisotopic (exact) mass is 328 g/mol. The maximum absolute atomic E-state index is 11.4. The number of aromatic carboxylic acids is 1. The Bertz CT molecular complexity index is 725. The molecule has 0 spiro atoms. The molecule has 0 radical (unpaired) electrons. The highest BCUT2D eigenvalue weighted by atomic mass is 16.5. The van der Waals surface area contributed by atoms with Crippen molar-refractivity contribution < 1.29 is 19.7 Å². The topological polar surface area (TPSA) is 66.8 Å². The largest absolute Gasteiger partial charge is 0.507 e. The van der Waals surface area contributed by atoms with E-state index in [0.29, 0.717) is 17.9 Å². The van der Waals surface area contributed by atoms with Gasteiger partial charge in [0.25, 0.3) is 0 Å². The maximum atomic E-state index is 11.4. The minimum atomic E-state index is -1.17. The summed E-state index contributed by atoms with van der Waals surface area (Å²) in [6.45, 7) is 8.20. The lowest BCUT2D eigenvalue weighted by atomic mass is 9.85. The SMILES string of the molecule is CCc1ccc(COc2cc(C(=O)O)c(O)c(C(C)(C)C)c2)cc1. The molecule has 0 fully saturated rings. The van der Waals surface area contributed by atoms with Gasteiger partial charge in [0.15, 0.2) is 0 Å². The van der Waals surface area contributed by atoms with Gasteiger partial charge in [-0.25, -0.2) is 4.79 Å². The Kier molecular flexibility index (Phi) is 5.17. The summed E-state index contributed by atoms with van der Waals surface area (Å²) >= 11 is 0. The third-order valence-electron chi connectivity index (χ3n) is 3.96. The van der Waals surface area contributed by atoms with Gasteiger partial charge in [-0.15, -0.1) is 0 Å². The molecule has 0 aliphatic carbocycles. The summed E-state index contributed by atoms with van der Waals surface area (Å²) in [5.74, 6) is -0.930. The second kappa shape index (κ2) is 6.95. The fourth-order valence-corrected chi connectivity index (χ4v) is 2.46. The highest BCUT2D eigenvalue weighted by molar-refractivity contribution is 5.92. The molecule has 4 nitrogen and oxygen atoms in total. The zero-order valence-electron chi connectivity index (χ0n) is 14.6. The molecule has 0 aliphatic rings. The molecular formula is C20H24O4. The van der Waals surface area contributed by atoms with E-state index in [1.165, 1.54) is 11.6 Å². The molecule has 2 aromatic carbocycles. The van der Waals surface area contributed by atoms with Crippen molar-refractivity contribution in [1.82, 2.24) is 0 Å². The number of carboxylic acids is 1. The highest BCUT2D eigenvalue weighted by Crippen LogP contribution is 2.37. The van der Waals surface area contributed by atoms with E-state index in [1.54, 1.807) is 6.07 Å². The highest BCUT2D eigenvalue weighted by Gasteiger charge is 2.24. The fraction of sp³-hybridized carbons (Fsp3) is 0.350. The Morgan fingerprint density at radius 2 is 1.67 bits per heavy atom. The number of carboxylic acid groups (broad SMARTS) is 1. The maximum Gasteiger partial charge on any atom is 0.339 e. The van der Waals surface area contributed by atoms with Gasteiger partial charge in [0.05, 0.1) is 0 Å². The third-order valence-corrected chi connectivity index (χ3v) is 3.96. The van der Waals surface area contributed by atoms with Crippen molar-refractivity contribution in [2.75, 3.05) is 0 Å². The molecule has 2 rings (SSSR count). The second-order valence-electron chi connectivity index (χ2n) is 6.88. The van der Waals surface area contributed by atoms with Crippen LogP contribution in [-0.2, 0) is 18.4 Å². The normalized spacial score (nSPS) is 11.3. The molecule has 0 bridgehead atoms. The summed E-state index contributed by atoms with van der Waals surface area (Å²) in [6, 6.07) is 11.2. The average molecular weight is 328 g/mol. The van der Waals surface area contributed by atoms with Crippen LogP contribution >= 0.6 is 0 Å². The molecule has 128 valence electrons. The minimum Gasteiger partial charge on any atom is -0.507 e. The molecule has 0 heterocycles. The van der Waals surface area contributed by atoms with Crippen molar-refractivity contribution in [3.63, 3.8) is 0 Å². The Morgan fingerprint density at radius 1 is 1.08 bits per heavy atom. The van der Waals surface area contributed by atoms with Crippen LogP contribution in [0, 0.1) is 0 Å². The summed E-state index contributed by atoms with van der Waals surface area (Å²) in [6.07, 6.45) is 0.982. The van der Waals surface area contributed by atoms with Crippen LogP contribution in [0.25, 0.3) is 0 Å². The minimum absolute atomic E-state index is 0.140. The Hall–Kier alpha value is -2.49. The predicted octanol–water partition coefficient (Wildman–Crippen LogP) is 4.53. The van der Waals surface area contributed by atoms with Crippen molar-refractivity contribution >= 4 is 5.97 Å². The fourth-order valence-electron chi connectivity index (χ4n) is 2.46. The first kappa shape index (κ1) is 17.9. The zero-order valence-corrected chi connectivity index (χ0v) is 14.6.